The highest BCUT2D eigenvalue weighted by Gasteiger charge is 2.26. The summed E-state index contributed by atoms with van der Waals surface area (Å²) in [6, 6.07) is 0. The van der Waals surface area contributed by atoms with Crippen molar-refractivity contribution in [2.45, 2.75) is 85.0 Å². The number of nitroso groups, excluding NO2 is 1. The molecule has 0 aliphatic rings. The summed E-state index contributed by atoms with van der Waals surface area (Å²) in [6.45, 7) is 7.07. The van der Waals surface area contributed by atoms with E-state index in [4.69, 9.17) is 0 Å². The molecule has 0 radical (unpaired) electrons. The van der Waals surface area contributed by atoms with Gasteiger partial charge in [0.15, 0.2) is 0 Å². The number of unbranched alkanes of at least 4 members (excludes halogenated alkanes) is 7. The minimum Gasteiger partial charge on any atom is -0.356 e. The molecule has 0 aromatic heterocycles. The van der Waals surface area contributed by atoms with E-state index in [0.717, 1.165) is 12.8 Å². The first kappa shape index (κ1) is 20.1. The fraction of sp³-hybridized carbons (Fsp3) is 0.941. The van der Waals surface area contributed by atoms with Gasteiger partial charge in [-0.1, -0.05) is 77.3 Å². The van der Waals surface area contributed by atoms with Gasteiger partial charge in [0.25, 0.3) is 0 Å². The lowest BCUT2D eigenvalue weighted by Gasteiger charge is -2.23. The first-order valence-corrected chi connectivity index (χ1v) is 8.62. The van der Waals surface area contributed by atoms with E-state index in [2.05, 4.69) is 17.4 Å². The minimum atomic E-state index is -0.309. The van der Waals surface area contributed by atoms with Gasteiger partial charge >= 0.3 is 0 Å². The Morgan fingerprint density at radius 3 is 2.10 bits per heavy atom. The van der Waals surface area contributed by atoms with Crippen LogP contribution in [0.15, 0.2) is 5.18 Å². The summed E-state index contributed by atoms with van der Waals surface area (Å²) in [5.74, 6) is 0.0938. The van der Waals surface area contributed by atoms with Gasteiger partial charge in [-0.05, 0) is 12.8 Å². The molecule has 0 aliphatic carbocycles. The third-order valence-corrected chi connectivity index (χ3v) is 3.98. The fourth-order valence-corrected chi connectivity index (χ4v) is 2.40. The second-order valence-corrected chi connectivity index (χ2v) is 6.57. The number of rotatable bonds is 14. The Bertz CT molecular complexity index is 278. The minimum absolute atomic E-state index is 0.0938. The second-order valence-electron chi connectivity index (χ2n) is 6.57. The molecular weight excluding hydrogens is 264 g/mol. The average Bonchev–Trinajstić information content (AvgIpc) is 2.46. The van der Waals surface area contributed by atoms with Crippen LogP contribution in [-0.4, -0.2) is 19.0 Å². The largest absolute Gasteiger partial charge is 0.356 e. The molecule has 0 aromatic carbocycles. The molecule has 0 aromatic rings. The topological polar surface area (TPSA) is 58.5 Å². The molecular formula is C17H34N2O2. The highest BCUT2D eigenvalue weighted by Crippen LogP contribution is 2.24. The molecule has 0 heterocycles. The molecule has 0 aliphatic heterocycles. The quantitative estimate of drug-likeness (QED) is 0.369. The van der Waals surface area contributed by atoms with Crippen molar-refractivity contribution >= 4 is 5.91 Å². The number of hydrogen-bond acceptors (Lipinski definition) is 3. The van der Waals surface area contributed by atoms with Crippen LogP contribution in [0.4, 0.5) is 0 Å². The van der Waals surface area contributed by atoms with E-state index in [1.54, 1.807) is 0 Å². The van der Waals surface area contributed by atoms with Gasteiger partial charge in [-0.3, -0.25) is 4.79 Å². The number of hydrogen-bond donors (Lipinski definition) is 1. The van der Waals surface area contributed by atoms with Crippen molar-refractivity contribution in [2.24, 2.45) is 10.6 Å². The van der Waals surface area contributed by atoms with Crippen LogP contribution in [0.25, 0.3) is 0 Å². The zero-order valence-corrected chi connectivity index (χ0v) is 14.2. The van der Waals surface area contributed by atoms with E-state index in [-0.39, 0.29) is 17.9 Å². The smallest absolute Gasteiger partial charge is 0.225 e. The maximum atomic E-state index is 12.0. The maximum absolute atomic E-state index is 12.0. The molecule has 0 bridgehead atoms. The van der Waals surface area contributed by atoms with Crippen LogP contribution in [0.3, 0.4) is 0 Å². The van der Waals surface area contributed by atoms with Crippen molar-refractivity contribution < 1.29 is 4.79 Å². The van der Waals surface area contributed by atoms with Gasteiger partial charge in [0.1, 0.15) is 0 Å². The molecule has 4 nitrogen and oxygen atoms in total. The Labute approximate surface area is 130 Å². The van der Waals surface area contributed by atoms with E-state index in [1.807, 2.05) is 13.8 Å². The van der Waals surface area contributed by atoms with Crippen LogP contribution >= 0.6 is 0 Å². The standard InChI is InChI=1S/C17H34N2O2/c1-4-5-6-7-8-9-10-11-13-17(2,3)16(20)18-14-12-15-19-21/h4-15H2,1-3H3,(H,18,20). The van der Waals surface area contributed by atoms with Crippen LogP contribution in [0.2, 0.25) is 0 Å². The molecule has 1 N–H and O–H groups in total. The van der Waals surface area contributed by atoms with Gasteiger partial charge in [-0.15, -0.1) is 0 Å². The highest BCUT2D eigenvalue weighted by molar-refractivity contribution is 5.81. The Morgan fingerprint density at radius 1 is 0.952 bits per heavy atom. The summed E-state index contributed by atoms with van der Waals surface area (Å²) >= 11 is 0. The SMILES string of the molecule is CCCCCCCCCCC(C)(C)C(=O)NCCCN=O. The van der Waals surface area contributed by atoms with Crippen molar-refractivity contribution in [1.29, 1.82) is 0 Å². The maximum Gasteiger partial charge on any atom is 0.225 e. The summed E-state index contributed by atoms with van der Waals surface area (Å²) in [7, 11) is 0. The van der Waals surface area contributed by atoms with E-state index in [0.29, 0.717) is 13.0 Å². The zero-order valence-electron chi connectivity index (χ0n) is 14.2. The van der Waals surface area contributed by atoms with Crippen LogP contribution in [-0.2, 0) is 4.79 Å². The third-order valence-electron chi connectivity index (χ3n) is 3.98. The van der Waals surface area contributed by atoms with Gasteiger partial charge in [0, 0.05) is 12.0 Å². The van der Waals surface area contributed by atoms with Crippen molar-refractivity contribution in [3.05, 3.63) is 4.91 Å². The number of nitrogens with zero attached hydrogens (tertiary/aromatic N) is 1. The third kappa shape index (κ3) is 11.4. The van der Waals surface area contributed by atoms with Gasteiger partial charge in [-0.25, -0.2) is 0 Å². The highest BCUT2D eigenvalue weighted by atomic mass is 16.3. The van der Waals surface area contributed by atoms with E-state index < -0.39 is 0 Å². The summed E-state index contributed by atoms with van der Waals surface area (Å²) < 4.78 is 0. The molecule has 0 rings (SSSR count). The van der Waals surface area contributed by atoms with Crippen molar-refractivity contribution in [3.63, 3.8) is 0 Å². The Balaban J connectivity index is 3.61. The van der Waals surface area contributed by atoms with Crippen LogP contribution in [0, 0.1) is 10.3 Å². The van der Waals surface area contributed by atoms with E-state index >= 15 is 0 Å². The van der Waals surface area contributed by atoms with Crippen molar-refractivity contribution in [1.82, 2.24) is 5.32 Å². The first-order valence-electron chi connectivity index (χ1n) is 8.62. The normalized spacial score (nSPS) is 11.4. The number of nitrogens with one attached hydrogen (secondary N) is 1. The molecule has 1 amide bonds. The van der Waals surface area contributed by atoms with Gasteiger partial charge < -0.3 is 5.32 Å². The predicted molar refractivity (Wildman–Crippen MR) is 89.3 cm³/mol. The molecule has 0 atom stereocenters. The lowest BCUT2D eigenvalue weighted by atomic mass is 9.85. The average molecular weight is 298 g/mol. The summed E-state index contributed by atoms with van der Waals surface area (Å²) in [6.07, 6.45) is 11.9. The number of amides is 1. The number of carbonyl (C=O) groups is 1. The summed E-state index contributed by atoms with van der Waals surface area (Å²) in [4.78, 5) is 22.0. The lowest BCUT2D eigenvalue weighted by Crippen LogP contribution is -2.37. The molecule has 0 saturated heterocycles. The van der Waals surface area contributed by atoms with Crippen LogP contribution < -0.4 is 5.32 Å². The molecule has 0 fully saturated rings. The fourth-order valence-electron chi connectivity index (χ4n) is 2.40. The van der Waals surface area contributed by atoms with Crippen molar-refractivity contribution in [2.75, 3.05) is 13.1 Å². The Morgan fingerprint density at radius 2 is 1.52 bits per heavy atom. The van der Waals surface area contributed by atoms with Gasteiger partial charge in [-0.2, -0.15) is 4.91 Å². The lowest BCUT2D eigenvalue weighted by molar-refractivity contribution is -0.129. The molecule has 0 saturated carbocycles. The zero-order chi connectivity index (χ0) is 16.0. The molecule has 4 heteroatoms. The predicted octanol–water partition coefficient (Wildman–Crippen LogP) is 4.82. The molecule has 21 heavy (non-hydrogen) atoms. The van der Waals surface area contributed by atoms with Crippen molar-refractivity contribution in [3.8, 4) is 0 Å². The Kier molecular flexibility index (Phi) is 12.2. The molecule has 0 spiro atoms. The monoisotopic (exact) mass is 298 g/mol. The molecule has 124 valence electrons. The van der Waals surface area contributed by atoms with Gasteiger partial charge in [0.2, 0.25) is 5.91 Å². The van der Waals surface area contributed by atoms with Gasteiger partial charge in [0.05, 0.1) is 6.54 Å². The summed E-state index contributed by atoms with van der Waals surface area (Å²) in [5, 5.41) is 5.69. The Hall–Kier alpha value is -0.930. The summed E-state index contributed by atoms with van der Waals surface area (Å²) in [5.41, 5.74) is -0.309. The number of carbonyl (C=O) groups excluding carboxylic acids is 1. The van der Waals surface area contributed by atoms with E-state index in [9.17, 15) is 9.70 Å². The first-order chi connectivity index (χ1) is 10.0. The second kappa shape index (κ2) is 12.8. The molecule has 0 unspecified atom stereocenters. The van der Waals surface area contributed by atoms with Crippen LogP contribution in [0.5, 0.6) is 0 Å². The van der Waals surface area contributed by atoms with E-state index in [1.165, 1.54) is 44.9 Å². The van der Waals surface area contributed by atoms with Crippen LogP contribution in [0.1, 0.15) is 85.0 Å².